The number of amides is 1. The van der Waals surface area contributed by atoms with Crippen LogP contribution in [0.3, 0.4) is 0 Å². The van der Waals surface area contributed by atoms with Gasteiger partial charge in [0.2, 0.25) is 15.9 Å². The summed E-state index contributed by atoms with van der Waals surface area (Å²) in [5, 5.41) is 3.03. The van der Waals surface area contributed by atoms with Crippen molar-refractivity contribution in [3.8, 4) is 0 Å². The van der Waals surface area contributed by atoms with E-state index in [0.717, 1.165) is 42.2 Å². The Kier molecular flexibility index (Phi) is 5.97. The Balaban J connectivity index is 1.69. The fraction of sp³-hybridized carbons (Fsp3) is 0.381. The number of carbonyl (C=O) groups is 1. The van der Waals surface area contributed by atoms with Crippen molar-refractivity contribution in [3.63, 3.8) is 0 Å². The molecule has 0 bridgehead atoms. The van der Waals surface area contributed by atoms with Crippen molar-refractivity contribution in [1.82, 2.24) is 9.62 Å². The van der Waals surface area contributed by atoms with E-state index in [1.807, 2.05) is 49.4 Å². The van der Waals surface area contributed by atoms with E-state index in [-0.39, 0.29) is 25.0 Å². The highest BCUT2D eigenvalue weighted by molar-refractivity contribution is 7.88. The predicted octanol–water partition coefficient (Wildman–Crippen LogP) is 2.95. The van der Waals surface area contributed by atoms with Crippen LogP contribution >= 0.6 is 0 Å². The van der Waals surface area contributed by atoms with Gasteiger partial charge in [0.1, 0.15) is 0 Å². The van der Waals surface area contributed by atoms with Gasteiger partial charge in [-0.1, -0.05) is 54.1 Å². The van der Waals surface area contributed by atoms with Crippen LogP contribution in [0.1, 0.15) is 41.1 Å². The quantitative estimate of drug-likeness (QED) is 0.830. The lowest BCUT2D eigenvalue weighted by Crippen LogP contribution is -2.41. The standard InChI is InChI=1S/C21H26N2O3S/c1-16-10-12-17(13-11-16)14-23(27(2,25)26)15-21(24)22-20-9-5-7-18-6-3-4-8-19(18)20/h3-4,6,8,10-13,20H,5,7,9,14-15H2,1-2H3,(H,22,24)/t20-/m0/s1. The lowest BCUT2D eigenvalue weighted by atomic mass is 9.88. The zero-order valence-corrected chi connectivity index (χ0v) is 16.6. The minimum atomic E-state index is -3.50. The molecule has 27 heavy (non-hydrogen) atoms. The zero-order chi connectivity index (χ0) is 19.4. The summed E-state index contributed by atoms with van der Waals surface area (Å²) in [7, 11) is -3.50. The van der Waals surface area contributed by atoms with Crippen molar-refractivity contribution in [3.05, 3.63) is 70.8 Å². The number of sulfonamides is 1. The summed E-state index contributed by atoms with van der Waals surface area (Å²) in [4.78, 5) is 12.6. The van der Waals surface area contributed by atoms with Gasteiger partial charge in [-0.05, 0) is 42.9 Å². The largest absolute Gasteiger partial charge is 0.348 e. The normalized spacial score (nSPS) is 16.8. The van der Waals surface area contributed by atoms with Crippen LogP contribution in [0.25, 0.3) is 0 Å². The van der Waals surface area contributed by atoms with Gasteiger partial charge in [-0.15, -0.1) is 0 Å². The van der Waals surface area contributed by atoms with Crippen molar-refractivity contribution >= 4 is 15.9 Å². The summed E-state index contributed by atoms with van der Waals surface area (Å²) in [6.45, 7) is 1.99. The van der Waals surface area contributed by atoms with Gasteiger partial charge < -0.3 is 5.32 Å². The molecule has 3 rings (SSSR count). The predicted molar refractivity (Wildman–Crippen MR) is 107 cm³/mol. The number of hydrogen-bond acceptors (Lipinski definition) is 3. The van der Waals surface area contributed by atoms with Crippen LogP contribution in [0.4, 0.5) is 0 Å². The molecule has 6 heteroatoms. The molecule has 1 aliphatic rings. The number of aryl methyl sites for hydroxylation is 2. The highest BCUT2D eigenvalue weighted by atomic mass is 32.2. The van der Waals surface area contributed by atoms with E-state index in [9.17, 15) is 13.2 Å². The summed E-state index contributed by atoms with van der Waals surface area (Å²) < 4.78 is 25.6. The van der Waals surface area contributed by atoms with Crippen LogP contribution in [0.5, 0.6) is 0 Å². The maximum absolute atomic E-state index is 12.6. The smallest absolute Gasteiger partial charge is 0.235 e. The Morgan fingerprint density at radius 3 is 2.56 bits per heavy atom. The second-order valence-electron chi connectivity index (χ2n) is 7.23. The Morgan fingerprint density at radius 2 is 1.85 bits per heavy atom. The average molecular weight is 387 g/mol. The maximum Gasteiger partial charge on any atom is 0.235 e. The van der Waals surface area contributed by atoms with Crippen LogP contribution in [0.2, 0.25) is 0 Å². The topological polar surface area (TPSA) is 66.5 Å². The third kappa shape index (κ3) is 5.17. The van der Waals surface area contributed by atoms with Gasteiger partial charge in [-0.25, -0.2) is 8.42 Å². The Morgan fingerprint density at radius 1 is 1.15 bits per heavy atom. The molecule has 0 saturated carbocycles. The molecule has 0 radical (unpaired) electrons. The fourth-order valence-electron chi connectivity index (χ4n) is 3.49. The Bertz CT molecular complexity index is 907. The fourth-order valence-corrected chi connectivity index (χ4v) is 4.23. The molecular weight excluding hydrogens is 360 g/mol. The molecule has 1 aliphatic carbocycles. The average Bonchev–Trinajstić information content (AvgIpc) is 2.62. The number of fused-ring (bicyclic) bond motifs is 1. The van der Waals surface area contributed by atoms with Gasteiger partial charge in [-0.3, -0.25) is 4.79 Å². The molecule has 1 amide bonds. The molecule has 0 heterocycles. The van der Waals surface area contributed by atoms with E-state index in [2.05, 4.69) is 11.4 Å². The first-order valence-electron chi connectivity index (χ1n) is 9.21. The molecule has 0 aromatic heterocycles. The van der Waals surface area contributed by atoms with Crippen molar-refractivity contribution in [2.75, 3.05) is 12.8 Å². The summed E-state index contributed by atoms with van der Waals surface area (Å²) in [5.41, 5.74) is 4.37. The van der Waals surface area contributed by atoms with Gasteiger partial charge in [-0.2, -0.15) is 4.31 Å². The summed E-state index contributed by atoms with van der Waals surface area (Å²) in [5.74, 6) is -0.269. The number of nitrogens with zero attached hydrogens (tertiary/aromatic N) is 1. The van der Waals surface area contributed by atoms with Gasteiger partial charge in [0.15, 0.2) is 0 Å². The van der Waals surface area contributed by atoms with E-state index in [4.69, 9.17) is 0 Å². The first kappa shape index (κ1) is 19.6. The third-order valence-corrected chi connectivity index (χ3v) is 6.17. The number of nitrogens with one attached hydrogen (secondary N) is 1. The summed E-state index contributed by atoms with van der Waals surface area (Å²) >= 11 is 0. The molecule has 1 atom stereocenters. The SMILES string of the molecule is Cc1ccc(CN(CC(=O)N[C@H]2CCCc3ccccc32)S(C)(=O)=O)cc1. The van der Waals surface area contributed by atoms with Crippen LogP contribution in [-0.4, -0.2) is 31.4 Å². The molecule has 2 aromatic carbocycles. The van der Waals surface area contributed by atoms with E-state index >= 15 is 0 Å². The lowest BCUT2D eigenvalue weighted by molar-refractivity contribution is -0.122. The Labute approximate surface area is 161 Å². The molecule has 0 fully saturated rings. The zero-order valence-electron chi connectivity index (χ0n) is 15.8. The van der Waals surface area contributed by atoms with Gasteiger partial charge >= 0.3 is 0 Å². The van der Waals surface area contributed by atoms with E-state index in [1.165, 1.54) is 9.87 Å². The van der Waals surface area contributed by atoms with E-state index < -0.39 is 10.0 Å². The van der Waals surface area contributed by atoms with Crippen molar-refractivity contribution < 1.29 is 13.2 Å². The molecule has 0 aliphatic heterocycles. The maximum atomic E-state index is 12.6. The molecule has 5 nitrogen and oxygen atoms in total. The first-order chi connectivity index (χ1) is 12.8. The van der Waals surface area contributed by atoms with Crippen LogP contribution in [0, 0.1) is 6.92 Å². The second kappa shape index (κ2) is 8.23. The van der Waals surface area contributed by atoms with Crippen LogP contribution in [-0.2, 0) is 27.8 Å². The highest BCUT2D eigenvalue weighted by Crippen LogP contribution is 2.29. The van der Waals surface area contributed by atoms with Crippen molar-refractivity contribution in [2.45, 2.75) is 38.8 Å². The number of hydrogen-bond donors (Lipinski definition) is 1. The molecular formula is C21H26N2O3S. The summed E-state index contributed by atoms with van der Waals surface area (Å²) in [6.07, 6.45) is 4.05. The third-order valence-electron chi connectivity index (χ3n) is 4.97. The first-order valence-corrected chi connectivity index (χ1v) is 11.1. The molecule has 1 N–H and O–H groups in total. The van der Waals surface area contributed by atoms with E-state index in [1.54, 1.807) is 0 Å². The van der Waals surface area contributed by atoms with Gasteiger partial charge in [0.25, 0.3) is 0 Å². The highest BCUT2D eigenvalue weighted by Gasteiger charge is 2.25. The number of carbonyl (C=O) groups excluding carboxylic acids is 1. The second-order valence-corrected chi connectivity index (χ2v) is 9.21. The number of benzene rings is 2. The summed E-state index contributed by atoms with van der Waals surface area (Å²) in [6, 6.07) is 15.7. The van der Waals surface area contributed by atoms with Crippen LogP contribution < -0.4 is 5.32 Å². The minimum Gasteiger partial charge on any atom is -0.348 e. The minimum absolute atomic E-state index is 0.0526. The van der Waals surface area contributed by atoms with Crippen molar-refractivity contribution in [1.29, 1.82) is 0 Å². The molecule has 2 aromatic rings. The Hall–Kier alpha value is -2.18. The molecule has 144 valence electrons. The van der Waals surface area contributed by atoms with Gasteiger partial charge in [0, 0.05) is 6.54 Å². The van der Waals surface area contributed by atoms with Crippen molar-refractivity contribution in [2.24, 2.45) is 0 Å². The van der Waals surface area contributed by atoms with E-state index in [0.29, 0.717) is 0 Å². The molecule has 0 saturated heterocycles. The molecule has 0 spiro atoms. The van der Waals surface area contributed by atoms with Gasteiger partial charge in [0.05, 0.1) is 18.8 Å². The number of rotatable bonds is 6. The monoisotopic (exact) mass is 386 g/mol. The van der Waals surface area contributed by atoms with Crippen LogP contribution in [0.15, 0.2) is 48.5 Å². The lowest BCUT2D eigenvalue weighted by Gasteiger charge is -2.27. The molecule has 0 unspecified atom stereocenters.